The molecule has 2 aromatic rings. The van der Waals surface area contributed by atoms with Crippen LogP contribution in [0.3, 0.4) is 0 Å². The molecule has 1 saturated carbocycles. The highest BCUT2D eigenvalue weighted by molar-refractivity contribution is 5.75. The fourth-order valence-electron chi connectivity index (χ4n) is 4.95. The molecular weight excluding hydrogens is 451 g/mol. The predicted molar refractivity (Wildman–Crippen MR) is 116 cm³/mol. The summed E-state index contributed by atoms with van der Waals surface area (Å²) in [6.07, 6.45) is 1.13. The fourth-order valence-corrected chi connectivity index (χ4v) is 4.95. The third kappa shape index (κ3) is 5.16. The molecule has 0 N–H and O–H groups in total. The van der Waals surface area contributed by atoms with Gasteiger partial charge in [0.05, 0.1) is 24.8 Å². The van der Waals surface area contributed by atoms with Gasteiger partial charge in [-0.05, 0) is 37.0 Å². The first-order valence-electron chi connectivity index (χ1n) is 11.8. The maximum absolute atomic E-state index is 13.3. The smallest absolute Gasteiger partial charge is 0.448 e. The monoisotopic (exact) mass is 479 g/mol. The highest BCUT2D eigenvalue weighted by Crippen LogP contribution is 2.40. The van der Waals surface area contributed by atoms with Crippen molar-refractivity contribution in [2.45, 2.75) is 49.8 Å². The summed E-state index contributed by atoms with van der Waals surface area (Å²) in [7, 11) is 0. The van der Waals surface area contributed by atoms with Crippen molar-refractivity contribution >= 4 is 6.03 Å². The molecule has 0 bridgehead atoms. The molecule has 5 rings (SSSR count). The van der Waals surface area contributed by atoms with Crippen molar-refractivity contribution < 1.29 is 31.9 Å². The Bertz CT molecular complexity index is 984. The molecule has 7 nitrogen and oxygen atoms in total. The summed E-state index contributed by atoms with van der Waals surface area (Å²) in [6, 6.07) is 5.86. The molecule has 10 heteroatoms. The lowest BCUT2D eigenvalue weighted by atomic mass is 9.83. The predicted octanol–water partition coefficient (Wildman–Crippen LogP) is 4.87. The van der Waals surface area contributed by atoms with Crippen LogP contribution in [-0.2, 0) is 4.74 Å². The summed E-state index contributed by atoms with van der Waals surface area (Å²) >= 11 is 0. The third-order valence-corrected chi connectivity index (χ3v) is 7.00. The molecule has 2 amide bonds. The van der Waals surface area contributed by atoms with Gasteiger partial charge in [0.2, 0.25) is 0 Å². The SMILES string of the molecule is O=C(N1CCOCC1)N1CC(c2ccc(OC(F)(F)F)cc2)CC(c2nc(C3CCC3)co2)C1. The van der Waals surface area contributed by atoms with E-state index in [0.717, 1.165) is 24.1 Å². The molecule has 2 aliphatic heterocycles. The number of alkyl halides is 3. The molecule has 2 saturated heterocycles. The number of hydrogen-bond acceptors (Lipinski definition) is 5. The minimum Gasteiger partial charge on any atom is -0.448 e. The van der Waals surface area contributed by atoms with E-state index in [-0.39, 0.29) is 23.6 Å². The minimum atomic E-state index is -4.73. The van der Waals surface area contributed by atoms with Crippen LogP contribution in [0.25, 0.3) is 0 Å². The minimum absolute atomic E-state index is 0.0548. The Morgan fingerprint density at radius 2 is 1.71 bits per heavy atom. The Morgan fingerprint density at radius 3 is 2.35 bits per heavy atom. The lowest BCUT2D eigenvalue weighted by Crippen LogP contribution is -2.52. The molecule has 3 heterocycles. The number of carbonyl (C=O) groups is 1. The van der Waals surface area contributed by atoms with Crippen LogP contribution in [0.4, 0.5) is 18.0 Å². The van der Waals surface area contributed by atoms with Crippen LogP contribution in [0.15, 0.2) is 34.9 Å². The molecule has 2 unspecified atom stereocenters. The molecular formula is C24H28F3N3O4. The van der Waals surface area contributed by atoms with Gasteiger partial charge < -0.3 is 23.7 Å². The molecule has 1 aliphatic carbocycles. The van der Waals surface area contributed by atoms with Crippen molar-refractivity contribution in [1.82, 2.24) is 14.8 Å². The molecule has 34 heavy (non-hydrogen) atoms. The number of benzene rings is 1. The van der Waals surface area contributed by atoms with Crippen LogP contribution < -0.4 is 4.74 Å². The lowest BCUT2D eigenvalue weighted by molar-refractivity contribution is -0.274. The molecule has 1 aromatic heterocycles. The van der Waals surface area contributed by atoms with Crippen molar-refractivity contribution in [3.05, 3.63) is 47.7 Å². The highest BCUT2D eigenvalue weighted by Gasteiger charge is 2.37. The largest absolute Gasteiger partial charge is 0.573 e. The Hall–Kier alpha value is -2.75. The van der Waals surface area contributed by atoms with Crippen LogP contribution in [0.2, 0.25) is 0 Å². The number of amides is 2. The number of rotatable bonds is 4. The van der Waals surface area contributed by atoms with Gasteiger partial charge in [0.15, 0.2) is 5.89 Å². The fraction of sp³-hybridized carbons (Fsp3) is 0.583. The van der Waals surface area contributed by atoms with E-state index in [1.807, 2.05) is 4.90 Å². The first-order valence-corrected chi connectivity index (χ1v) is 11.8. The Morgan fingerprint density at radius 1 is 1.00 bits per heavy atom. The average Bonchev–Trinajstić information content (AvgIpc) is 3.26. The van der Waals surface area contributed by atoms with Gasteiger partial charge in [-0.3, -0.25) is 0 Å². The number of oxazole rings is 1. The Kier molecular flexibility index (Phi) is 6.42. The lowest BCUT2D eigenvalue weighted by Gasteiger charge is -2.40. The van der Waals surface area contributed by atoms with Crippen molar-refractivity contribution in [3.8, 4) is 5.75 Å². The van der Waals surface area contributed by atoms with Gasteiger partial charge in [0.25, 0.3) is 0 Å². The van der Waals surface area contributed by atoms with Gasteiger partial charge in [-0.2, -0.15) is 0 Å². The quantitative estimate of drug-likeness (QED) is 0.626. The number of ether oxygens (including phenoxy) is 2. The average molecular weight is 479 g/mol. The van der Waals surface area contributed by atoms with Crippen LogP contribution in [0, 0.1) is 0 Å². The normalized spacial score (nSPS) is 24.1. The second-order valence-corrected chi connectivity index (χ2v) is 9.27. The number of morpholine rings is 1. The van der Waals surface area contributed by atoms with E-state index in [0.29, 0.717) is 57.6 Å². The number of carbonyl (C=O) groups excluding carboxylic acids is 1. The van der Waals surface area contributed by atoms with Crippen molar-refractivity contribution in [3.63, 3.8) is 0 Å². The van der Waals surface area contributed by atoms with Crippen LogP contribution in [-0.4, -0.2) is 66.6 Å². The van der Waals surface area contributed by atoms with Gasteiger partial charge in [-0.1, -0.05) is 18.6 Å². The number of aromatic nitrogens is 1. The molecule has 3 fully saturated rings. The zero-order chi connectivity index (χ0) is 23.7. The molecule has 3 aliphatic rings. The summed E-state index contributed by atoms with van der Waals surface area (Å²) < 4.78 is 52.9. The molecule has 1 aromatic carbocycles. The zero-order valence-corrected chi connectivity index (χ0v) is 18.8. The van der Waals surface area contributed by atoms with Gasteiger partial charge >= 0.3 is 12.4 Å². The first-order chi connectivity index (χ1) is 16.4. The van der Waals surface area contributed by atoms with Gasteiger partial charge in [0, 0.05) is 38.0 Å². The van der Waals surface area contributed by atoms with Crippen LogP contribution >= 0.6 is 0 Å². The van der Waals surface area contributed by atoms with Gasteiger partial charge in [-0.25, -0.2) is 9.78 Å². The zero-order valence-electron chi connectivity index (χ0n) is 18.8. The molecule has 2 atom stereocenters. The Labute approximate surface area is 195 Å². The molecule has 0 radical (unpaired) electrons. The first kappa shape index (κ1) is 23.0. The van der Waals surface area contributed by atoms with Crippen molar-refractivity contribution in [2.24, 2.45) is 0 Å². The number of halogens is 3. The summed E-state index contributed by atoms with van der Waals surface area (Å²) in [5.41, 5.74) is 1.83. The number of nitrogens with zero attached hydrogens (tertiary/aromatic N) is 3. The summed E-state index contributed by atoms with van der Waals surface area (Å²) in [6.45, 7) is 3.07. The standard InChI is InChI=1S/C24H28F3N3O4/c25-24(26,27)34-20-6-4-16(5-7-20)18-12-19(22-28-21(15-33-22)17-2-1-3-17)14-30(13-18)23(31)29-8-10-32-11-9-29/h4-7,15,17-19H,1-3,8-14H2. The number of urea groups is 1. The van der Waals surface area contributed by atoms with E-state index in [4.69, 9.17) is 14.1 Å². The van der Waals surface area contributed by atoms with E-state index in [2.05, 4.69) is 4.74 Å². The second kappa shape index (κ2) is 9.48. The Balaban J connectivity index is 1.36. The van der Waals surface area contributed by atoms with Crippen molar-refractivity contribution in [2.75, 3.05) is 39.4 Å². The molecule has 184 valence electrons. The van der Waals surface area contributed by atoms with E-state index in [9.17, 15) is 18.0 Å². The van der Waals surface area contributed by atoms with Gasteiger partial charge in [0.1, 0.15) is 12.0 Å². The van der Waals surface area contributed by atoms with E-state index in [1.165, 1.54) is 18.6 Å². The van der Waals surface area contributed by atoms with E-state index >= 15 is 0 Å². The van der Waals surface area contributed by atoms with E-state index < -0.39 is 6.36 Å². The number of hydrogen-bond donors (Lipinski definition) is 0. The third-order valence-electron chi connectivity index (χ3n) is 7.00. The van der Waals surface area contributed by atoms with E-state index in [1.54, 1.807) is 23.3 Å². The summed E-state index contributed by atoms with van der Waals surface area (Å²) in [5.74, 6) is 0.654. The highest BCUT2D eigenvalue weighted by atomic mass is 19.4. The van der Waals surface area contributed by atoms with Crippen LogP contribution in [0.5, 0.6) is 5.75 Å². The summed E-state index contributed by atoms with van der Waals surface area (Å²) in [5, 5.41) is 0. The number of piperidine rings is 1. The summed E-state index contributed by atoms with van der Waals surface area (Å²) in [4.78, 5) is 21.7. The maximum Gasteiger partial charge on any atom is 0.573 e. The topological polar surface area (TPSA) is 68.0 Å². The van der Waals surface area contributed by atoms with Crippen LogP contribution in [0.1, 0.15) is 60.6 Å². The maximum atomic E-state index is 13.3. The van der Waals surface area contributed by atoms with Gasteiger partial charge in [-0.15, -0.1) is 13.2 Å². The second-order valence-electron chi connectivity index (χ2n) is 9.27. The number of likely N-dealkylation sites (tertiary alicyclic amines) is 1. The van der Waals surface area contributed by atoms with Crippen molar-refractivity contribution in [1.29, 1.82) is 0 Å². The molecule has 0 spiro atoms.